The molecule has 1 amide bonds. The Kier molecular flexibility index (Phi) is 8.43. The van der Waals surface area contributed by atoms with Crippen LogP contribution in [0.4, 0.5) is 10.1 Å². The first kappa shape index (κ1) is 22.8. The number of aliphatic imine (C=N–C) groups is 1. The van der Waals surface area contributed by atoms with E-state index < -0.39 is 5.91 Å². The molecule has 2 aromatic rings. The number of nitrogens with zero attached hydrogens (tertiary/aromatic N) is 1. The summed E-state index contributed by atoms with van der Waals surface area (Å²) in [6, 6.07) is 9.16. The molecule has 1 fully saturated rings. The molecule has 1 aromatic carbocycles. The van der Waals surface area contributed by atoms with Gasteiger partial charge in [0.05, 0.1) is 0 Å². The van der Waals surface area contributed by atoms with Crippen molar-refractivity contribution < 1.29 is 18.6 Å². The summed E-state index contributed by atoms with van der Waals surface area (Å²) in [5.74, 6) is 0.739. The molecular formula is C22H23BFN3O3S. The fourth-order valence-electron chi connectivity index (χ4n) is 3.25. The van der Waals surface area contributed by atoms with Crippen molar-refractivity contribution in [3.05, 3.63) is 76.3 Å². The summed E-state index contributed by atoms with van der Waals surface area (Å²) >= 11 is 1.45. The molecule has 160 valence electrons. The van der Waals surface area contributed by atoms with Crippen LogP contribution in [0.1, 0.15) is 17.7 Å². The Morgan fingerprint density at radius 1 is 1.29 bits per heavy atom. The number of ether oxygens (including phenoxy) is 1. The van der Waals surface area contributed by atoms with Crippen LogP contribution in [0.3, 0.4) is 0 Å². The molecule has 1 atom stereocenters. The van der Waals surface area contributed by atoms with Crippen LogP contribution in [0, 0.1) is 11.7 Å². The van der Waals surface area contributed by atoms with E-state index >= 15 is 0 Å². The summed E-state index contributed by atoms with van der Waals surface area (Å²) in [6.07, 6.45) is 4.75. The van der Waals surface area contributed by atoms with E-state index in [1.165, 1.54) is 35.5 Å². The van der Waals surface area contributed by atoms with Gasteiger partial charge < -0.3 is 0 Å². The van der Waals surface area contributed by atoms with E-state index in [0.29, 0.717) is 31.8 Å². The maximum absolute atomic E-state index is 13.2. The summed E-state index contributed by atoms with van der Waals surface area (Å²) in [4.78, 5) is 18.2. The number of rotatable bonds is 8. The van der Waals surface area contributed by atoms with Gasteiger partial charge in [-0.3, -0.25) is 0 Å². The molecule has 1 saturated heterocycles. The normalized spacial score (nSPS) is 16.8. The molecule has 0 spiro atoms. The summed E-state index contributed by atoms with van der Waals surface area (Å²) in [6.45, 7) is 1.23. The minimum absolute atomic E-state index is 0.00850. The maximum atomic E-state index is 13.2. The number of halogens is 1. The number of amides is 1. The van der Waals surface area contributed by atoms with Gasteiger partial charge in [0.1, 0.15) is 5.82 Å². The zero-order chi connectivity index (χ0) is 22.1. The van der Waals surface area contributed by atoms with Gasteiger partial charge in [0, 0.05) is 0 Å². The topological polar surface area (TPSA) is 93.8 Å². The molecule has 3 rings (SSSR count). The third-order valence-electron chi connectivity index (χ3n) is 4.87. The van der Waals surface area contributed by atoms with Gasteiger partial charge in [-0.15, -0.1) is 0 Å². The average Bonchev–Trinajstić information content (AvgIpc) is 3.33. The fourth-order valence-corrected chi connectivity index (χ4v) is 3.93. The van der Waals surface area contributed by atoms with Gasteiger partial charge in [-0.1, -0.05) is 0 Å². The number of hydrogen-bond donors (Lipinski definition) is 2. The quantitative estimate of drug-likeness (QED) is 0.375. The van der Waals surface area contributed by atoms with Crippen LogP contribution in [0.2, 0.25) is 0 Å². The van der Waals surface area contributed by atoms with Crippen molar-refractivity contribution >= 4 is 35.8 Å². The molecule has 0 saturated carbocycles. The molecule has 0 bridgehead atoms. The average molecular weight is 439 g/mol. The zero-order valence-corrected chi connectivity index (χ0v) is 17.7. The summed E-state index contributed by atoms with van der Waals surface area (Å²) in [5, 5.41) is 4.80. The van der Waals surface area contributed by atoms with Crippen LogP contribution in [0.5, 0.6) is 0 Å². The zero-order valence-electron chi connectivity index (χ0n) is 16.9. The van der Waals surface area contributed by atoms with E-state index in [0.717, 1.165) is 17.7 Å². The first-order valence-corrected chi connectivity index (χ1v) is 10.8. The third kappa shape index (κ3) is 6.80. The van der Waals surface area contributed by atoms with Crippen molar-refractivity contribution in [3.8, 4) is 0 Å². The van der Waals surface area contributed by atoms with Gasteiger partial charge in [-0.25, -0.2) is 4.39 Å². The predicted octanol–water partition coefficient (Wildman–Crippen LogP) is 3.33. The predicted molar refractivity (Wildman–Crippen MR) is 120 cm³/mol. The van der Waals surface area contributed by atoms with Crippen LogP contribution in [-0.2, 0) is 14.2 Å². The number of carbonyl (C=O) groups excluding carboxylic acids is 1. The second-order valence-corrected chi connectivity index (χ2v) is 7.97. The number of thiophene rings is 1. The third-order valence-corrected chi connectivity index (χ3v) is 5.77. The second-order valence-electron chi connectivity index (χ2n) is 7.02. The minimum atomic E-state index is -0.449. The fraction of sp³-hybridized carbons (Fsp3) is 0.273. The molecule has 31 heavy (non-hydrogen) atoms. The van der Waals surface area contributed by atoms with Gasteiger partial charge in [0.15, 0.2) is 0 Å². The number of nitrogens with two attached hydrogens (primary N) is 1. The Morgan fingerprint density at radius 2 is 2.03 bits per heavy atom. The van der Waals surface area contributed by atoms with Crippen LogP contribution < -0.4 is 11.1 Å². The molecule has 0 aliphatic carbocycles. The standard InChI is InChI=1S/C22H23BFN3O3S/c24-16-3-5-17(6-4-16)26-20(21-2-1-13-31-21)14-18(25)22(28)27-19(7-10-23-29)15-8-11-30-12-9-15/h1-7,10,13-15,19H,8-9,11-12,25H2,(H,27,28)/b10-7-,18-14-,26-20?. The monoisotopic (exact) mass is 439 g/mol. The molecular weight excluding hydrogens is 416 g/mol. The van der Waals surface area contributed by atoms with Gasteiger partial charge in [-0.05, 0) is 0 Å². The summed E-state index contributed by atoms with van der Waals surface area (Å²) in [5.41, 5.74) is 7.14. The Labute approximate surface area is 185 Å². The van der Waals surface area contributed by atoms with E-state index in [1.54, 1.807) is 18.2 Å². The molecule has 3 N–H and O–H groups in total. The van der Waals surface area contributed by atoms with Gasteiger partial charge in [0.25, 0.3) is 0 Å². The number of allylic oxidation sites excluding steroid dienone is 1. The second kappa shape index (κ2) is 11.5. The number of benzene rings is 1. The van der Waals surface area contributed by atoms with Crippen molar-refractivity contribution in [2.45, 2.75) is 18.9 Å². The van der Waals surface area contributed by atoms with Crippen LogP contribution >= 0.6 is 11.3 Å². The molecule has 0 radical (unpaired) electrons. The molecule has 9 heteroatoms. The Bertz CT molecular complexity index is 968. The van der Waals surface area contributed by atoms with Gasteiger partial charge >= 0.3 is 175 Å². The van der Waals surface area contributed by atoms with Crippen LogP contribution in [0.15, 0.2) is 70.6 Å². The molecule has 1 aliphatic rings. The molecule has 1 unspecified atom stereocenters. The van der Waals surface area contributed by atoms with Crippen molar-refractivity contribution in [1.29, 1.82) is 0 Å². The van der Waals surface area contributed by atoms with Gasteiger partial charge in [0.2, 0.25) is 0 Å². The number of carbonyl (C=O) groups is 1. The molecule has 2 heterocycles. The van der Waals surface area contributed by atoms with Crippen LogP contribution in [-0.4, -0.2) is 38.0 Å². The number of nitrogens with one attached hydrogen (secondary N) is 1. The van der Waals surface area contributed by atoms with Crippen molar-refractivity contribution in [1.82, 2.24) is 5.32 Å². The van der Waals surface area contributed by atoms with E-state index in [9.17, 15) is 13.9 Å². The molecule has 1 aliphatic heterocycles. The first-order chi connectivity index (χ1) is 15.1. The molecule has 1 aromatic heterocycles. The van der Waals surface area contributed by atoms with Crippen molar-refractivity contribution in [3.63, 3.8) is 0 Å². The van der Waals surface area contributed by atoms with E-state index in [1.807, 2.05) is 17.5 Å². The Balaban J connectivity index is 1.82. The van der Waals surface area contributed by atoms with E-state index in [2.05, 4.69) is 10.3 Å². The van der Waals surface area contributed by atoms with Gasteiger partial charge in [-0.2, -0.15) is 0 Å². The number of hydrogen-bond acceptors (Lipinski definition) is 6. The summed E-state index contributed by atoms with van der Waals surface area (Å²) in [7, 11) is 0.682. The van der Waals surface area contributed by atoms with Crippen molar-refractivity contribution in [2.24, 2.45) is 16.6 Å². The SMILES string of the molecule is N/C(=C\C(=Nc1ccc(F)cc1)c1cccs1)C(=O)NC(/C=C\B=O)C1CCOCC1. The summed E-state index contributed by atoms with van der Waals surface area (Å²) < 4.78 is 29.4. The van der Waals surface area contributed by atoms with Crippen molar-refractivity contribution in [2.75, 3.05) is 13.2 Å². The van der Waals surface area contributed by atoms with E-state index in [-0.39, 0.29) is 23.5 Å². The first-order valence-electron chi connectivity index (χ1n) is 9.92. The molecule has 6 nitrogen and oxygen atoms in total. The Morgan fingerprint density at radius 3 is 2.68 bits per heavy atom. The van der Waals surface area contributed by atoms with E-state index in [4.69, 9.17) is 10.5 Å². The van der Waals surface area contributed by atoms with Crippen LogP contribution in [0.25, 0.3) is 0 Å². The Hall–Kier alpha value is -2.91.